The SMILES string of the molecule is C=CCN(C(=O)c1ccc([N+](=O)[O-])c(O)c1)C(C)(C)C. The van der Waals surface area contributed by atoms with Crippen LogP contribution in [-0.4, -0.2) is 32.9 Å². The quantitative estimate of drug-likeness (QED) is 0.521. The third-order valence-corrected chi connectivity index (χ3v) is 2.79. The Kier molecular flexibility index (Phi) is 4.49. The van der Waals surface area contributed by atoms with Crippen LogP contribution < -0.4 is 0 Å². The van der Waals surface area contributed by atoms with Crippen LogP contribution in [0.4, 0.5) is 5.69 Å². The summed E-state index contributed by atoms with van der Waals surface area (Å²) in [5.41, 5.74) is -0.652. The van der Waals surface area contributed by atoms with Crippen molar-refractivity contribution in [3.05, 3.63) is 46.5 Å². The third-order valence-electron chi connectivity index (χ3n) is 2.79. The Morgan fingerprint density at radius 3 is 2.50 bits per heavy atom. The first-order valence-electron chi connectivity index (χ1n) is 6.08. The Bertz CT molecular complexity index is 547. The predicted molar refractivity (Wildman–Crippen MR) is 75.7 cm³/mol. The van der Waals surface area contributed by atoms with Crippen molar-refractivity contribution in [2.45, 2.75) is 26.3 Å². The average molecular weight is 278 g/mol. The van der Waals surface area contributed by atoms with Gasteiger partial charge in [0.2, 0.25) is 0 Å². The zero-order valence-corrected chi connectivity index (χ0v) is 11.8. The summed E-state index contributed by atoms with van der Waals surface area (Å²) in [6.07, 6.45) is 1.61. The number of rotatable bonds is 4. The van der Waals surface area contributed by atoms with Gasteiger partial charge >= 0.3 is 5.69 Å². The molecule has 0 unspecified atom stereocenters. The number of hydrogen-bond acceptors (Lipinski definition) is 4. The Labute approximate surface area is 117 Å². The summed E-state index contributed by atoms with van der Waals surface area (Å²) in [5, 5.41) is 20.2. The fourth-order valence-electron chi connectivity index (χ4n) is 1.76. The predicted octanol–water partition coefficient (Wildman–Crippen LogP) is 2.73. The van der Waals surface area contributed by atoms with E-state index in [0.29, 0.717) is 6.54 Å². The number of amides is 1. The summed E-state index contributed by atoms with van der Waals surface area (Å²) >= 11 is 0. The molecule has 0 spiro atoms. The van der Waals surface area contributed by atoms with E-state index in [9.17, 15) is 20.0 Å². The van der Waals surface area contributed by atoms with Crippen LogP contribution in [0.1, 0.15) is 31.1 Å². The fourth-order valence-corrected chi connectivity index (χ4v) is 1.76. The van der Waals surface area contributed by atoms with Crippen molar-refractivity contribution in [3.8, 4) is 5.75 Å². The highest BCUT2D eigenvalue weighted by atomic mass is 16.6. The lowest BCUT2D eigenvalue weighted by Gasteiger charge is -2.35. The molecule has 0 radical (unpaired) electrons. The van der Waals surface area contributed by atoms with Crippen molar-refractivity contribution in [1.82, 2.24) is 4.90 Å². The van der Waals surface area contributed by atoms with Gasteiger partial charge in [-0.2, -0.15) is 0 Å². The van der Waals surface area contributed by atoms with E-state index in [4.69, 9.17) is 0 Å². The van der Waals surface area contributed by atoms with Crippen LogP contribution in [0.2, 0.25) is 0 Å². The molecule has 0 atom stereocenters. The third kappa shape index (κ3) is 3.34. The lowest BCUT2D eigenvalue weighted by atomic mass is 10.0. The van der Waals surface area contributed by atoms with Gasteiger partial charge in [0.25, 0.3) is 5.91 Å². The van der Waals surface area contributed by atoms with Crippen LogP contribution >= 0.6 is 0 Å². The normalized spacial score (nSPS) is 10.9. The highest BCUT2D eigenvalue weighted by Crippen LogP contribution is 2.27. The van der Waals surface area contributed by atoms with Crippen LogP contribution in [-0.2, 0) is 0 Å². The summed E-state index contributed by atoms with van der Waals surface area (Å²) in [6, 6.07) is 3.57. The van der Waals surface area contributed by atoms with Crippen LogP contribution in [0.3, 0.4) is 0 Å². The monoisotopic (exact) mass is 278 g/mol. The number of carbonyl (C=O) groups is 1. The van der Waals surface area contributed by atoms with Crippen LogP contribution in [0, 0.1) is 10.1 Å². The van der Waals surface area contributed by atoms with Crippen molar-refractivity contribution < 1.29 is 14.8 Å². The average Bonchev–Trinajstić information content (AvgIpc) is 2.33. The van der Waals surface area contributed by atoms with E-state index in [1.807, 2.05) is 20.8 Å². The molecule has 1 aromatic carbocycles. The summed E-state index contributed by atoms with van der Waals surface area (Å²) in [5.74, 6) is -0.837. The number of phenolic OH excluding ortho intramolecular Hbond substituents is 1. The molecule has 0 aliphatic carbocycles. The van der Waals surface area contributed by atoms with Gasteiger partial charge in [-0.25, -0.2) is 0 Å². The molecule has 0 fully saturated rings. The zero-order valence-electron chi connectivity index (χ0n) is 11.8. The molecule has 6 nitrogen and oxygen atoms in total. The molecule has 1 rings (SSSR count). The molecule has 1 aromatic rings. The van der Waals surface area contributed by atoms with Crippen LogP contribution in [0.25, 0.3) is 0 Å². The van der Waals surface area contributed by atoms with Crippen molar-refractivity contribution >= 4 is 11.6 Å². The van der Waals surface area contributed by atoms with E-state index in [1.54, 1.807) is 11.0 Å². The highest BCUT2D eigenvalue weighted by Gasteiger charge is 2.27. The van der Waals surface area contributed by atoms with E-state index in [1.165, 1.54) is 6.07 Å². The maximum Gasteiger partial charge on any atom is 0.310 e. The van der Waals surface area contributed by atoms with Crippen molar-refractivity contribution in [2.24, 2.45) is 0 Å². The van der Waals surface area contributed by atoms with Gasteiger partial charge in [-0.1, -0.05) is 6.08 Å². The first kappa shape index (κ1) is 15.7. The standard InChI is InChI=1S/C14H18N2O4/c1-5-8-15(14(2,3)4)13(18)10-6-7-11(16(19)20)12(17)9-10/h5-7,9,17H,1,8H2,2-4H3. The number of nitro groups is 1. The first-order chi connectivity index (χ1) is 9.18. The molecule has 108 valence electrons. The lowest BCUT2D eigenvalue weighted by molar-refractivity contribution is -0.385. The number of benzene rings is 1. The number of hydrogen-bond donors (Lipinski definition) is 1. The smallest absolute Gasteiger partial charge is 0.310 e. The van der Waals surface area contributed by atoms with Crippen molar-refractivity contribution in [3.63, 3.8) is 0 Å². The van der Waals surface area contributed by atoms with Gasteiger partial charge in [-0.3, -0.25) is 14.9 Å². The Morgan fingerprint density at radius 2 is 2.10 bits per heavy atom. The molecular weight excluding hydrogens is 260 g/mol. The summed E-state index contributed by atoms with van der Waals surface area (Å²) in [7, 11) is 0. The van der Waals surface area contributed by atoms with Gasteiger partial charge in [-0.05, 0) is 32.9 Å². The fraction of sp³-hybridized carbons (Fsp3) is 0.357. The van der Waals surface area contributed by atoms with E-state index in [2.05, 4.69) is 6.58 Å². The van der Waals surface area contributed by atoms with Gasteiger partial charge in [0.05, 0.1) is 4.92 Å². The van der Waals surface area contributed by atoms with E-state index >= 15 is 0 Å². The Hall–Kier alpha value is -2.37. The zero-order chi connectivity index (χ0) is 15.5. The molecule has 0 aromatic heterocycles. The minimum absolute atomic E-state index is 0.199. The van der Waals surface area contributed by atoms with Gasteiger partial charge in [-0.15, -0.1) is 6.58 Å². The maximum absolute atomic E-state index is 12.4. The minimum atomic E-state index is -0.700. The van der Waals surface area contributed by atoms with Gasteiger partial charge in [0.15, 0.2) is 5.75 Å². The molecular formula is C14H18N2O4. The minimum Gasteiger partial charge on any atom is -0.502 e. The Morgan fingerprint density at radius 1 is 1.50 bits per heavy atom. The largest absolute Gasteiger partial charge is 0.502 e. The van der Waals surface area contributed by atoms with Gasteiger partial charge in [0, 0.05) is 23.7 Å². The molecule has 0 aliphatic rings. The molecule has 0 aliphatic heterocycles. The van der Waals surface area contributed by atoms with Crippen LogP contribution in [0.5, 0.6) is 5.75 Å². The highest BCUT2D eigenvalue weighted by molar-refractivity contribution is 5.95. The van der Waals surface area contributed by atoms with Gasteiger partial charge in [0.1, 0.15) is 0 Å². The maximum atomic E-state index is 12.4. The number of nitrogens with zero attached hydrogens (tertiary/aromatic N) is 2. The summed E-state index contributed by atoms with van der Waals surface area (Å²) in [4.78, 5) is 23.9. The number of carbonyl (C=O) groups excluding carboxylic acids is 1. The number of nitro benzene ring substituents is 1. The molecule has 6 heteroatoms. The molecule has 0 heterocycles. The molecule has 0 saturated carbocycles. The molecule has 20 heavy (non-hydrogen) atoms. The first-order valence-corrected chi connectivity index (χ1v) is 6.08. The van der Waals surface area contributed by atoms with Gasteiger partial charge < -0.3 is 10.0 Å². The molecule has 0 saturated heterocycles. The second-order valence-corrected chi connectivity index (χ2v) is 5.34. The van der Waals surface area contributed by atoms with E-state index in [0.717, 1.165) is 12.1 Å². The molecule has 1 N–H and O–H groups in total. The topological polar surface area (TPSA) is 83.7 Å². The Balaban J connectivity index is 3.16. The van der Waals surface area contributed by atoms with Crippen LogP contribution in [0.15, 0.2) is 30.9 Å². The van der Waals surface area contributed by atoms with Crippen molar-refractivity contribution in [2.75, 3.05) is 6.54 Å². The summed E-state index contributed by atoms with van der Waals surface area (Å²) < 4.78 is 0. The second-order valence-electron chi connectivity index (χ2n) is 5.34. The molecule has 1 amide bonds. The molecule has 0 bridgehead atoms. The number of aromatic hydroxyl groups is 1. The lowest BCUT2D eigenvalue weighted by Crippen LogP contribution is -2.45. The summed E-state index contributed by atoms with van der Waals surface area (Å²) in [6.45, 7) is 9.58. The number of phenols is 1. The van der Waals surface area contributed by atoms with Crippen molar-refractivity contribution in [1.29, 1.82) is 0 Å². The van der Waals surface area contributed by atoms with E-state index in [-0.39, 0.29) is 11.5 Å². The van der Waals surface area contributed by atoms with E-state index < -0.39 is 21.9 Å². The second kappa shape index (κ2) is 5.73.